The maximum absolute atomic E-state index is 13.4. The third-order valence-corrected chi connectivity index (χ3v) is 3.07. The summed E-state index contributed by atoms with van der Waals surface area (Å²) in [6.07, 6.45) is 2.08. The molecule has 76 valence electrons. The van der Waals surface area contributed by atoms with Crippen LogP contribution in [0.5, 0.6) is 0 Å². The summed E-state index contributed by atoms with van der Waals surface area (Å²) < 4.78 is 13.4. The maximum Gasteiger partial charge on any atom is 0.161 e. The molecular weight excluding hydrogens is 237 g/mol. The highest BCUT2D eigenvalue weighted by Gasteiger charge is 2.12. The highest BCUT2D eigenvalue weighted by molar-refractivity contribution is 7.16. The largest absolute Gasteiger partial charge is 0.297 e. The molecule has 0 saturated carbocycles. The Kier molecular flexibility index (Phi) is 2.79. The van der Waals surface area contributed by atoms with Crippen LogP contribution in [0.15, 0.2) is 24.4 Å². The normalized spacial score (nSPS) is 10.3. The van der Waals surface area contributed by atoms with E-state index in [0.29, 0.717) is 21.2 Å². The van der Waals surface area contributed by atoms with Gasteiger partial charge in [-0.15, -0.1) is 11.3 Å². The number of thiazole rings is 1. The maximum atomic E-state index is 13.4. The van der Waals surface area contributed by atoms with Gasteiger partial charge < -0.3 is 0 Å². The van der Waals surface area contributed by atoms with Crippen LogP contribution >= 0.6 is 22.9 Å². The fourth-order valence-corrected chi connectivity index (χ4v) is 2.26. The van der Waals surface area contributed by atoms with Crippen molar-refractivity contribution >= 4 is 29.2 Å². The summed E-state index contributed by atoms with van der Waals surface area (Å²) in [5.74, 6) is -0.436. The molecule has 5 heteroatoms. The Morgan fingerprint density at radius 1 is 1.47 bits per heavy atom. The number of aldehydes is 1. The summed E-state index contributed by atoms with van der Waals surface area (Å²) in [7, 11) is 0. The highest BCUT2D eigenvalue weighted by Crippen LogP contribution is 2.32. The van der Waals surface area contributed by atoms with Crippen LogP contribution in [-0.2, 0) is 0 Å². The molecule has 2 aromatic rings. The van der Waals surface area contributed by atoms with E-state index in [0.717, 1.165) is 11.3 Å². The number of carbonyl (C=O) groups excluding carboxylic acids is 1. The minimum absolute atomic E-state index is 0.247. The van der Waals surface area contributed by atoms with E-state index in [9.17, 15) is 9.18 Å². The number of benzene rings is 1. The zero-order valence-electron chi connectivity index (χ0n) is 7.41. The molecule has 1 aromatic heterocycles. The average molecular weight is 242 g/mol. The third-order valence-electron chi connectivity index (χ3n) is 1.82. The molecule has 0 radical (unpaired) electrons. The van der Waals surface area contributed by atoms with E-state index in [1.54, 1.807) is 6.07 Å². The molecule has 1 aromatic carbocycles. The molecule has 0 amide bonds. The minimum atomic E-state index is -0.436. The highest BCUT2D eigenvalue weighted by atomic mass is 35.5. The second-order valence-corrected chi connectivity index (χ2v) is 4.25. The number of hydrogen-bond acceptors (Lipinski definition) is 3. The summed E-state index contributed by atoms with van der Waals surface area (Å²) in [5, 5.41) is 0.710. The van der Waals surface area contributed by atoms with Gasteiger partial charge in [0.15, 0.2) is 6.29 Å². The third kappa shape index (κ3) is 1.91. The Labute approximate surface area is 94.3 Å². The number of halogens is 2. The van der Waals surface area contributed by atoms with Crippen molar-refractivity contribution in [3.05, 3.63) is 40.1 Å². The summed E-state index contributed by atoms with van der Waals surface area (Å²) in [6.45, 7) is 0. The Morgan fingerprint density at radius 3 is 2.87 bits per heavy atom. The second kappa shape index (κ2) is 4.08. The van der Waals surface area contributed by atoms with E-state index >= 15 is 0 Å². The van der Waals surface area contributed by atoms with Gasteiger partial charge in [0.1, 0.15) is 10.8 Å². The topological polar surface area (TPSA) is 30.0 Å². The molecule has 0 bridgehead atoms. The SMILES string of the molecule is O=Cc1cnc(-c2c(F)cccc2Cl)s1. The van der Waals surface area contributed by atoms with Crippen LogP contribution in [0.3, 0.4) is 0 Å². The van der Waals surface area contributed by atoms with Crippen LogP contribution < -0.4 is 0 Å². The summed E-state index contributed by atoms with van der Waals surface area (Å²) in [5.41, 5.74) is 0.247. The lowest BCUT2D eigenvalue weighted by molar-refractivity contribution is 0.112. The van der Waals surface area contributed by atoms with E-state index in [1.807, 2.05) is 0 Å². The van der Waals surface area contributed by atoms with Crippen LogP contribution in [-0.4, -0.2) is 11.3 Å². The van der Waals surface area contributed by atoms with Gasteiger partial charge in [0.2, 0.25) is 0 Å². The van der Waals surface area contributed by atoms with Crippen LogP contribution in [0.25, 0.3) is 10.6 Å². The first-order valence-electron chi connectivity index (χ1n) is 4.08. The first-order valence-corrected chi connectivity index (χ1v) is 5.27. The van der Waals surface area contributed by atoms with Crippen molar-refractivity contribution in [1.29, 1.82) is 0 Å². The van der Waals surface area contributed by atoms with E-state index in [2.05, 4.69) is 4.98 Å². The summed E-state index contributed by atoms with van der Waals surface area (Å²) >= 11 is 6.97. The van der Waals surface area contributed by atoms with E-state index in [1.165, 1.54) is 18.3 Å². The van der Waals surface area contributed by atoms with Gasteiger partial charge >= 0.3 is 0 Å². The number of rotatable bonds is 2. The molecule has 0 saturated heterocycles. The molecule has 0 spiro atoms. The number of nitrogens with zero attached hydrogens (tertiary/aromatic N) is 1. The smallest absolute Gasteiger partial charge is 0.161 e. The lowest BCUT2D eigenvalue weighted by Crippen LogP contribution is -1.83. The van der Waals surface area contributed by atoms with E-state index in [-0.39, 0.29) is 5.56 Å². The summed E-state index contributed by atoms with van der Waals surface area (Å²) in [4.78, 5) is 14.9. The Hall–Kier alpha value is -1.26. The molecular formula is C10H5ClFNOS. The van der Waals surface area contributed by atoms with Gasteiger partial charge in [0.05, 0.1) is 15.5 Å². The molecule has 0 atom stereocenters. The Bertz CT molecular complexity index is 492. The van der Waals surface area contributed by atoms with Crippen molar-refractivity contribution < 1.29 is 9.18 Å². The van der Waals surface area contributed by atoms with Gasteiger partial charge in [-0.3, -0.25) is 4.79 Å². The molecule has 0 fully saturated rings. The predicted molar refractivity (Wildman–Crippen MR) is 57.9 cm³/mol. The first kappa shape index (κ1) is 10.3. The van der Waals surface area contributed by atoms with Gasteiger partial charge in [-0.25, -0.2) is 9.37 Å². The van der Waals surface area contributed by atoms with Crippen molar-refractivity contribution in [3.8, 4) is 10.6 Å². The van der Waals surface area contributed by atoms with Crippen molar-refractivity contribution in [3.63, 3.8) is 0 Å². The fourth-order valence-electron chi connectivity index (χ4n) is 1.16. The molecule has 0 unspecified atom stereocenters. The molecule has 0 aliphatic carbocycles. The van der Waals surface area contributed by atoms with Gasteiger partial charge in [-0.2, -0.15) is 0 Å². The quantitative estimate of drug-likeness (QED) is 0.754. The number of carbonyl (C=O) groups is 1. The zero-order chi connectivity index (χ0) is 10.8. The van der Waals surface area contributed by atoms with Crippen LogP contribution in [0.1, 0.15) is 9.67 Å². The number of hydrogen-bond donors (Lipinski definition) is 0. The first-order chi connectivity index (χ1) is 7.22. The zero-order valence-corrected chi connectivity index (χ0v) is 8.98. The summed E-state index contributed by atoms with van der Waals surface area (Å²) in [6, 6.07) is 4.42. The molecule has 2 nitrogen and oxygen atoms in total. The monoisotopic (exact) mass is 241 g/mol. The van der Waals surface area contributed by atoms with Crippen LogP contribution in [0, 0.1) is 5.82 Å². The Balaban J connectivity index is 2.58. The molecule has 1 heterocycles. The van der Waals surface area contributed by atoms with Gasteiger partial charge in [0, 0.05) is 6.20 Å². The second-order valence-electron chi connectivity index (χ2n) is 2.78. The minimum Gasteiger partial charge on any atom is -0.297 e. The van der Waals surface area contributed by atoms with Crippen molar-refractivity contribution in [2.24, 2.45) is 0 Å². The van der Waals surface area contributed by atoms with Gasteiger partial charge in [-0.05, 0) is 12.1 Å². The average Bonchev–Trinajstić information content (AvgIpc) is 2.66. The van der Waals surface area contributed by atoms with Crippen LogP contribution in [0.2, 0.25) is 5.02 Å². The molecule has 0 aliphatic heterocycles. The lowest BCUT2D eigenvalue weighted by Gasteiger charge is -2.00. The van der Waals surface area contributed by atoms with E-state index in [4.69, 9.17) is 11.6 Å². The predicted octanol–water partition coefficient (Wildman–Crippen LogP) is 3.42. The standard InChI is InChI=1S/C10H5ClFNOS/c11-7-2-1-3-8(12)9(7)10-13-4-6(5-14)15-10/h1-5H. The Morgan fingerprint density at radius 2 is 2.27 bits per heavy atom. The molecule has 0 aliphatic rings. The van der Waals surface area contributed by atoms with Crippen LogP contribution in [0.4, 0.5) is 4.39 Å². The van der Waals surface area contributed by atoms with Gasteiger partial charge in [0.25, 0.3) is 0 Å². The molecule has 15 heavy (non-hydrogen) atoms. The van der Waals surface area contributed by atoms with Crippen molar-refractivity contribution in [2.75, 3.05) is 0 Å². The molecule has 2 rings (SSSR count). The van der Waals surface area contributed by atoms with Crippen molar-refractivity contribution in [1.82, 2.24) is 4.98 Å². The van der Waals surface area contributed by atoms with E-state index < -0.39 is 5.82 Å². The lowest BCUT2D eigenvalue weighted by atomic mass is 10.2. The van der Waals surface area contributed by atoms with Crippen molar-refractivity contribution in [2.45, 2.75) is 0 Å². The molecule has 0 N–H and O–H groups in total. The fraction of sp³-hybridized carbons (Fsp3) is 0. The van der Waals surface area contributed by atoms with Gasteiger partial charge in [-0.1, -0.05) is 17.7 Å². The number of aromatic nitrogens is 1.